The minimum atomic E-state index is -0.786. The summed E-state index contributed by atoms with van der Waals surface area (Å²) in [4.78, 5) is 37.2. The van der Waals surface area contributed by atoms with Crippen LogP contribution in [0.15, 0.2) is 97.2 Å². The molecular formula is C50H80O6. The fourth-order valence-electron chi connectivity index (χ4n) is 5.51. The molecule has 0 N–H and O–H groups in total. The van der Waals surface area contributed by atoms with Crippen LogP contribution in [0.4, 0.5) is 0 Å². The van der Waals surface area contributed by atoms with Gasteiger partial charge in [0, 0.05) is 19.3 Å². The first-order valence-corrected chi connectivity index (χ1v) is 22.2. The zero-order valence-corrected chi connectivity index (χ0v) is 35.9. The highest BCUT2D eigenvalue weighted by atomic mass is 16.6. The highest BCUT2D eigenvalue weighted by Crippen LogP contribution is 2.11. The first-order chi connectivity index (χ1) is 27.5. The molecule has 0 spiro atoms. The van der Waals surface area contributed by atoms with Crippen LogP contribution in [0.1, 0.15) is 181 Å². The molecule has 0 aliphatic carbocycles. The number of unbranched alkanes of at least 4 members (excludes halogenated alkanes) is 11. The number of rotatable bonds is 38. The average molecular weight is 777 g/mol. The lowest BCUT2D eigenvalue weighted by atomic mass is 10.1. The smallest absolute Gasteiger partial charge is 0.306 e. The van der Waals surface area contributed by atoms with E-state index in [1.165, 1.54) is 19.3 Å². The molecule has 0 aromatic carbocycles. The predicted octanol–water partition coefficient (Wildman–Crippen LogP) is 14.2. The SMILES string of the molecule is CC/C=C\C/C=C\C/C=C\C/C=C\C/C=C\C/C=C\C/C=C\C/C=C\CCCCC(=O)OCC(COC(=O)CCCCCCC)OC(=O)CCCCCCCC. The van der Waals surface area contributed by atoms with E-state index < -0.39 is 6.10 Å². The minimum absolute atomic E-state index is 0.0933. The van der Waals surface area contributed by atoms with E-state index in [1.54, 1.807) is 0 Å². The normalized spacial score (nSPS) is 13.0. The summed E-state index contributed by atoms with van der Waals surface area (Å²) in [7, 11) is 0. The van der Waals surface area contributed by atoms with Crippen LogP contribution in [-0.2, 0) is 28.6 Å². The molecule has 0 saturated carbocycles. The van der Waals surface area contributed by atoms with Crippen LogP contribution in [0.3, 0.4) is 0 Å². The quantitative estimate of drug-likeness (QED) is 0.0269. The number of hydrogen-bond donors (Lipinski definition) is 0. The first kappa shape index (κ1) is 52.3. The summed E-state index contributed by atoms with van der Waals surface area (Å²) in [6.07, 6.45) is 57.4. The molecule has 0 aliphatic heterocycles. The van der Waals surface area contributed by atoms with Crippen molar-refractivity contribution in [3.63, 3.8) is 0 Å². The maximum absolute atomic E-state index is 12.5. The molecule has 0 bridgehead atoms. The van der Waals surface area contributed by atoms with E-state index in [0.717, 1.165) is 122 Å². The topological polar surface area (TPSA) is 78.9 Å². The van der Waals surface area contributed by atoms with Gasteiger partial charge in [-0.15, -0.1) is 0 Å². The molecule has 0 aromatic heterocycles. The molecule has 0 amide bonds. The summed E-state index contributed by atoms with van der Waals surface area (Å²) in [5.41, 5.74) is 0. The second-order valence-corrected chi connectivity index (χ2v) is 14.2. The molecule has 0 fully saturated rings. The molecule has 1 atom stereocenters. The Bertz CT molecular complexity index is 1170. The fraction of sp³-hybridized carbons (Fsp3) is 0.620. The number of carbonyl (C=O) groups is 3. The fourth-order valence-corrected chi connectivity index (χ4v) is 5.51. The lowest BCUT2D eigenvalue weighted by Gasteiger charge is -2.18. The second kappa shape index (κ2) is 44.0. The molecule has 0 saturated heterocycles. The van der Waals surface area contributed by atoms with E-state index in [2.05, 4.69) is 118 Å². The Morgan fingerprint density at radius 1 is 0.375 bits per heavy atom. The maximum Gasteiger partial charge on any atom is 0.306 e. The third-order valence-electron chi connectivity index (χ3n) is 8.85. The van der Waals surface area contributed by atoms with Gasteiger partial charge in [0.1, 0.15) is 13.2 Å². The van der Waals surface area contributed by atoms with Crippen LogP contribution in [0, 0.1) is 0 Å². The molecule has 0 aromatic rings. The molecule has 6 nitrogen and oxygen atoms in total. The van der Waals surface area contributed by atoms with E-state index in [4.69, 9.17) is 14.2 Å². The van der Waals surface area contributed by atoms with Crippen LogP contribution in [0.2, 0.25) is 0 Å². The Hall–Kier alpha value is -3.67. The van der Waals surface area contributed by atoms with Gasteiger partial charge in [-0.2, -0.15) is 0 Å². The van der Waals surface area contributed by atoms with Gasteiger partial charge in [0.25, 0.3) is 0 Å². The largest absolute Gasteiger partial charge is 0.462 e. The van der Waals surface area contributed by atoms with E-state index in [-0.39, 0.29) is 31.1 Å². The Balaban J connectivity index is 4.15. The molecule has 56 heavy (non-hydrogen) atoms. The Kier molecular flexibility index (Phi) is 41.2. The number of allylic oxidation sites excluding steroid dienone is 16. The summed E-state index contributed by atoms with van der Waals surface area (Å²) >= 11 is 0. The van der Waals surface area contributed by atoms with Crippen molar-refractivity contribution in [3.05, 3.63) is 97.2 Å². The summed E-state index contributed by atoms with van der Waals surface area (Å²) < 4.78 is 16.4. The molecule has 1 unspecified atom stereocenters. The van der Waals surface area contributed by atoms with Gasteiger partial charge in [0.15, 0.2) is 6.10 Å². The van der Waals surface area contributed by atoms with Crippen molar-refractivity contribution in [2.24, 2.45) is 0 Å². The lowest BCUT2D eigenvalue weighted by Crippen LogP contribution is -2.30. The number of carbonyl (C=O) groups excluding carboxylic acids is 3. The zero-order valence-electron chi connectivity index (χ0n) is 35.9. The molecule has 6 heteroatoms. The predicted molar refractivity (Wildman–Crippen MR) is 237 cm³/mol. The van der Waals surface area contributed by atoms with Gasteiger partial charge in [0.05, 0.1) is 0 Å². The summed E-state index contributed by atoms with van der Waals surface area (Å²) in [6.45, 7) is 6.30. The Labute approximate surface area is 343 Å². The lowest BCUT2D eigenvalue weighted by molar-refractivity contribution is -0.167. The highest BCUT2D eigenvalue weighted by Gasteiger charge is 2.19. The zero-order chi connectivity index (χ0) is 40.8. The van der Waals surface area contributed by atoms with E-state index in [0.29, 0.717) is 19.3 Å². The molecule has 0 aliphatic rings. The number of ether oxygens (including phenoxy) is 3. The van der Waals surface area contributed by atoms with Gasteiger partial charge >= 0.3 is 17.9 Å². The van der Waals surface area contributed by atoms with Crippen molar-refractivity contribution in [2.75, 3.05) is 13.2 Å². The second-order valence-electron chi connectivity index (χ2n) is 14.2. The van der Waals surface area contributed by atoms with Gasteiger partial charge in [-0.1, -0.05) is 176 Å². The van der Waals surface area contributed by atoms with Crippen molar-refractivity contribution in [1.82, 2.24) is 0 Å². The summed E-state index contributed by atoms with van der Waals surface area (Å²) in [5, 5.41) is 0. The molecule has 0 radical (unpaired) electrons. The van der Waals surface area contributed by atoms with Gasteiger partial charge in [-0.05, 0) is 83.5 Å². The van der Waals surface area contributed by atoms with Crippen molar-refractivity contribution < 1.29 is 28.6 Å². The van der Waals surface area contributed by atoms with Crippen molar-refractivity contribution in [1.29, 1.82) is 0 Å². The Morgan fingerprint density at radius 3 is 1.09 bits per heavy atom. The van der Waals surface area contributed by atoms with E-state index in [9.17, 15) is 14.4 Å². The highest BCUT2D eigenvalue weighted by molar-refractivity contribution is 5.71. The van der Waals surface area contributed by atoms with Crippen LogP contribution in [-0.4, -0.2) is 37.2 Å². The Morgan fingerprint density at radius 2 is 0.696 bits per heavy atom. The summed E-state index contributed by atoms with van der Waals surface area (Å²) in [6, 6.07) is 0. The van der Waals surface area contributed by atoms with Gasteiger partial charge in [-0.3, -0.25) is 14.4 Å². The van der Waals surface area contributed by atoms with E-state index in [1.807, 2.05) is 0 Å². The van der Waals surface area contributed by atoms with Crippen LogP contribution >= 0.6 is 0 Å². The van der Waals surface area contributed by atoms with Crippen LogP contribution in [0.5, 0.6) is 0 Å². The number of esters is 3. The monoisotopic (exact) mass is 777 g/mol. The van der Waals surface area contributed by atoms with Crippen LogP contribution in [0.25, 0.3) is 0 Å². The minimum Gasteiger partial charge on any atom is -0.462 e. The first-order valence-electron chi connectivity index (χ1n) is 22.2. The van der Waals surface area contributed by atoms with Crippen molar-refractivity contribution in [2.45, 2.75) is 187 Å². The van der Waals surface area contributed by atoms with Gasteiger partial charge in [-0.25, -0.2) is 0 Å². The standard InChI is InChI=1S/C50H80O6/c1-4-7-10-13-15-16-17-18-19-20-21-22-23-24-25-26-27-28-29-30-31-32-33-34-35-38-40-43-49(52)55-46-47(45-54-48(51)42-39-36-12-9-6-3)56-50(53)44-41-37-14-11-8-5-2/h7,10,15-16,18-19,21-22,24-25,27-28,30-31,33-34,47H,4-6,8-9,11-14,17,20,23,26,29,32,35-46H2,1-3H3/b10-7-,16-15-,19-18-,22-21-,25-24-,28-27-,31-30-,34-33-. The average Bonchev–Trinajstić information content (AvgIpc) is 3.19. The molecule has 0 heterocycles. The summed E-state index contributed by atoms with van der Waals surface area (Å²) in [5.74, 6) is -0.976. The molecule has 0 rings (SSSR count). The molecular weight excluding hydrogens is 697 g/mol. The van der Waals surface area contributed by atoms with E-state index >= 15 is 0 Å². The third-order valence-corrected chi connectivity index (χ3v) is 8.85. The molecule has 316 valence electrons. The van der Waals surface area contributed by atoms with Crippen molar-refractivity contribution >= 4 is 17.9 Å². The number of hydrogen-bond acceptors (Lipinski definition) is 6. The third kappa shape index (κ3) is 41.5. The van der Waals surface area contributed by atoms with Crippen molar-refractivity contribution in [3.8, 4) is 0 Å². The maximum atomic E-state index is 12.5. The van der Waals surface area contributed by atoms with Gasteiger partial charge in [0.2, 0.25) is 0 Å². The van der Waals surface area contributed by atoms with Crippen LogP contribution < -0.4 is 0 Å². The van der Waals surface area contributed by atoms with Gasteiger partial charge < -0.3 is 14.2 Å².